The first-order valence-electron chi connectivity index (χ1n) is 5.39. The molecule has 6 nitrogen and oxygen atoms in total. The molecular weight excluding hydrogens is 252 g/mol. The summed E-state index contributed by atoms with van der Waals surface area (Å²) >= 11 is 1.45. The molecule has 7 heteroatoms. The number of carbonyl (C=O) groups is 1. The van der Waals surface area contributed by atoms with Gasteiger partial charge in [-0.2, -0.15) is 5.10 Å². The van der Waals surface area contributed by atoms with Gasteiger partial charge in [0.15, 0.2) is 5.13 Å². The van der Waals surface area contributed by atoms with Crippen LogP contribution in [0.2, 0.25) is 0 Å². The summed E-state index contributed by atoms with van der Waals surface area (Å²) in [4.78, 5) is 16.9. The van der Waals surface area contributed by atoms with Crippen molar-refractivity contribution >= 4 is 22.4 Å². The van der Waals surface area contributed by atoms with Gasteiger partial charge in [0.25, 0.3) is 0 Å². The molecule has 0 saturated heterocycles. The number of hydrogen-bond donors (Lipinski definition) is 1. The summed E-state index contributed by atoms with van der Waals surface area (Å²) < 4.78 is 1.75. The zero-order valence-corrected chi connectivity index (χ0v) is 11.0. The Morgan fingerprint density at radius 3 is 3.00 bits per heavy atom. The van der Waals surface area contributed by atoms with Crippen LogP contribution in [-0.4, -0.2) is 32.9 Å². The van der Waals surface area contributed by atoms with Crippen LogP contribution in [0.15, 0.2) is 17.8 Å². The minimum Gasteiger partial charge on any atom is -0.481 e. The molecule has 96 valence electrons. The molecule has 0 unspecified atom stereocenters. The van der Waals surface area contributed by atoms with E-state index in [9.17, 15) is 4.79 Å². The van der Waals surface area contributed by atoms with E-state index in [4.69, 9.17) is 5.11 Å². The molecule has 0 spiro atoms. The third-order valence-corrected chi connectivity index (χ3v) is 3.38. The van der Waals surface area contributed by atoms with Gasteiger partial charge in [-0.25, -0.2) is 4.98 Å². The van der Waals surface area contributed by atoms with Crippen LogP contribution in [0.5, 0.6) is 0 Å². The molecular formula is C11H14N4O2S. The van der Waals surface area contributed by atoms with Crippen molar-refractivity contribution < 1.29 is 9.90 Å². The predicted octanol–water partition coefficient (Wildman–Crippen LogP) is 1.14. The number of anilines is 1. The van der Waals surface area contributed by atoms with Gasteiger partial charge in [0.2, 0.25) is 0 Å². The maximum absolute atomic E-state index is 10.6. The molecule has 2 aromatic heterocycles. The molecule has 0 radical (unpaired) electrons. The normalized spacial score (nSPS) is 10.6. The molecule has 2 rings (SSSR count). The topological polar surface area (TPSA) is 71.2 Å². The fraction of sp³-hybridized carbons (Fsp3) is 0.364. The van der Waals surface area contributed by atoms with E-state index in [0.29, 0.717) is 12.2 Å². The van der Waals surface area contributed by atoms with Gasteiger partial charge in [0.05, 0.1) is 18.3 Å². The lowest BCUT2D eigenvalue weighted by molar-refractivity contribution is -0.136. The Kier molecular flexibility index (Phi) is 3.61. The largest absolute Gasteiger partial charge is 0.481 e. The number of thiazole rings is 1. The van der Waals surface area contributed by atoms with Crippen molar-refractivity contribution in [2.24, 2.45) is 7.05 Å². The predicted molar refractivity (Wildman–Crippen MR) is 68.8 cm³/mol. The molecule has 18 heavy (non-hydrogen) atoms. The average molecular weight is 266 g/mol. The Morgan fingerprint density at radius 1 is 1.61 bits per heavy atom. The summed E-state index contributed by atoms with van der Waals surface area (Å²) in [7, 11) is 3.80. The molecule has 2 aromatic rings. The van der Waals surface area contributed by atoms with Gasteiger partial charge in [0.1, 0.15) is 0 Å². The van der Waals surface area contributed by atoms with E-state index in [2.05, 4.69) is 10.1 Å². The van der Waals surface area contributed by atoms with Gasteiger partial charge in [-0.1, -0.05) is 0 Å². The molecule has 0 aromatic carbocycles. The Balaban J connectivity index is 2.02. The zero-order valence-electron chi connectivity index (χ0n) is 10.2. The number of hydrogen-bond acceptors (Lipinski definition) is 5. The number of aromatic nitrogens is 3. The van der Waals surface area contributed by atoms with Crippen molar-refractivity contribution in [1.29, 1.82) is 0 Å². The second kappa shape index (κ2) is 5.18. The Labute approximate surface area is 108 Å². The summed E-state index contributed by atoms with van der Waals surface area (Å²) in [6.45, 7) is 0.702. The minimum absolute atomic E-state index is 0.0305. The first-order valence-corrected chi connectivity index (χ1v) is 6.27. The van der Waals surface area contributed by atoms with Crippen LogP contribution in [0.3, 0.4) is 0 Å². The fourth-order valence-electron chi connectivity index (χ4n) is 1.60. The van der Waals surface area contributed by atoms with E-state index >= 15 is 0 Å². The van der Waals surface area contributed by atoms with E-state index in [1.807, 2.05) is 31.4 Å². The van der Waals surface area contributed by atoms with Gasteiger partial charge >= 0.3 is 5.97 Å². The Bertz CT molecular complexity index is 549. The molecule has 1 N–H and O–H groups in total. The van der Waals surface area contributed by atoms with E-state index < -0.39 is 5.97 Å². The molecule has 2 heterocycles. The average Bonchev–Trinajstić information content (AvgIpc) is 2.87. The highest BCUT2D eigenvalue weighted by atomic mass is 32.1. The van der Waals surface area contributed by atoms with Gasteiger partial charge in [-0.05, 0) is 0 Å². The number of carboxylic acid groups (broad SMARTS) is 1. The fourth-order valence-corrected chi connectivity index (χ4v) is 2.39. The lowest BCUT2D eigenvalue weighted by Crippen LogP contribution is -2.16. The molecule has 0 aliphatic carbocycles. The Hall–Kier alpha value is -1.89. The van der Waals surface area contributed by atoms with Crippen LogP contribution in [0.1, 0.15) is 11.3 Å². The summed E-state index contributed by atoms with van der Waals surface area (Å²) in [6, 6.07) is 0. The second-order valence-corrected chi connectivity index (χ2v) is 4.91. The maximum Gasteiger partial charge on any atom is 0.309 e. The lowest BCUT2D eigenvalue weighted by Gasteiger charge is -2.13. The van der Waals surface area contributed by atoms with Gasteiger partial charge < -0.3 is 10.0 Å². The number of rotatable bonds is 5. The number of aryl methyl sites for hydroxylation is 1. The van der Waals surface area contributed by atoms with Crippen molar-refractivity contribution in [3.8, 4) is 0 Å². The standard InChI is InChI=1S/C11H14N4O2S/c1-14(5-8-4-12-15(2)6-8)11-13-9(7-18-11)3-10(16)17/h4,6-7H,3,5H2,1-2H3,(H,16,17). The van der Waals surface area contributed by atoms with Crippen LogP contribution in [0.25, 0.3) is 0 Å². The van der Waals surface area contributed by atoms with Crippen LogP contribution in [0, 0.1) is 0 Å². The molecule has 0 amide bonds. The first-order chi connectivity index (χ1) is 8.54. The van der Waals surface area contributed by atoms with Crippen LogP contribution >= 0.6 is 11.3 Å². The zero-order chi connectivity index (χ0) is 13.1. The summed E-state index contributed by atoms with van der Waals surface area (Å²) in [5, 5.41) is 15.4. The van der Waals surface area contributed by atoms with E-state index in [1.54, 1.807) is 10.1 Å². The third kappa shape index (κ3) is 3.07. The Morgan fingerprint density at radius 2 is 2.39 bits per heavy atom. The summed E-state index contributed by atoms with van der Waals surface area (Å²) in [5.74, 6) is -0.859. The minimum atomic E-state index is -0.859. The van der Waals surface area contributed by atoms with Crippen LogP contribution in [0.4, 0.5) is 5.13 Å². The molecule has 0 atom stereocenters. The second-order valence-electron chi connectivity index (χ2n) is 4.07. The third-order valence-electron chi connectivity index (χ3n) is 2.38. The highest BCUT2D eigenvalue weighted by Crippen LogP contribution is 2.21. The van der Waals surface area contributed by atoms with Crippen LogP contribution < -0.4 is 4.90 Å². The van der Waals surface area contributed by atoms with Gasteiger partial charge in [0, 0.05) is 37.8 Å². The van der Waals surface area contributed by atoms with Gasteiger partial charge in [-0.3, -0.25) is 9.48 Å². The van der Waals surface area contributed by atoms with E-state index in [1.165, 1.54) is 11.3 Å². The molecule has 0 fully saturated rings. The van der Waals surface area contributed by atoms with E-state index in [-0.39, 0.29) is 6.42 Å². The maximum atomic E-state index is 10.6. The monoisotopic (exact) mass is 266 g/mol. The summed E-state index contributed by atoms with van der Waals surface area (Å²) in [5.41, 5.74) is 1.69. The molecule has 0 aliphatic rings. The highest BCUT2D eigenvalue weighted by Gasteiger charge is 2.10. The number of aliphatic carboxylic acids is 1. The number of nitrogens with zero attached hydrogens (tertiary/aromatic N) is 4. The smallest absolute Gasteiger partial charge is 0.309 e. The molecule has 0 aliphatic heterocycles. The van der Waals surface area contributed by atoms with Crippen molar-refractivity contribution in [2.45, 2.75) is 13.0 Å². The van der Waals surface area contributed by atoms with Gasteiger partial charge in [-0.15, -0.1) is 11.3 Å². The van der Waals surface area contributed by atoms with Crippen molar-refractivity contribution in [3.05, 3.63) is 29.0 Å². The lowest BCUT2D eigenvalue weighted by atomic mass is 10.3. The SMILES string of the molecule is CN(Cc1cnn(C)c1)c1nc(CC(=O)O)cs1. The first kappa shape index (κ1) is 12.6. The van der Waals surface area contributed by atoms with Crippen molar-refractivity contribution in [2.75, 3.05) is 11.9 Å². The van der Waals surface area contributed by atoms with Crippen molar-refractivity contribution in [1.82, 2.24) is 14.8 Å². The summed E-state index contributed by atoms with van der Waals surface area (Å²) in [6.07, 6.45) is 3.72. The van der Waals surface area contributed by atoms with Crippen LogP contribution in [-0.2, 0) is 24.8 Å². The van der Waals surface area contributed by atoms with E-state index in [0.717, 1.165) is 10.7 Å². The molecule has 0 saturated carbocycles. The molecule has 0 bridgehead atoms. The highest BCUT2D eigenvalue weighted by molar-refractivity contribution is 7.13. The number of carboxylic acids is 1. The van der Waals surface area contributed by atoms with Crippen molar-refractivity contribution in [3.63, 3.8) is 0 Å². The quantitative estimate of drug-likeness (QED) is 0.878.